The number of rotatable bonds is 6. The number of hydrogen-bond acceptors (Lipinski definition) is 3. The lowest BCUT2D eigenvalue weighted by Crippen LogP contribution is -2.47. The summed E-state index contributed by atoms with van der Waals surface area (Å²) in [6.45, 7) is 5.46. The molecule has 5 nitrogen and oxygen atoms in total. The molecule has 0 saturated carbocycles. The molecule has 1 saturated heterocycles. The maximum Gasteiger partial charge on any atom is 0.251 e. The van der Waals surface area contributed by atoms with Crippen LogP contribution in [0.15, 0.2) is 36.4 Å². The third kappa shape index (κ3) is 5.34. The van der Waals surface area contributed by atoms with Gasteiger partial charge < -0.3 is 15.4 Å². The van der Waals surface area contributed by atoms with Crippen LogP contribution in [0.1, 0.15) is 39.9 Å². The van der Waals surface area contributed by atoms with E-state index in [1.165, 1.54) is 0 Å². The van der Waals surface area contributed by atoms with Crippen LogP contribution in [-0.4, -0.2) is 38.1 Å². The summed E-state index contributed by atoms with van der Waals surface area (Å²) in [5.41, 5.74) is 3.32. The summed E-state index contributed by atoms with van der Waals surface area (Å²) in [7, 11) is 0. The minimum Gasteiger partial charge on any atom is -0.381 e. The molecule has 7 heteroatoms. The van der Waals surface area contributed by atoms with Crippen molar-refractivity contribution in [3.8, 4) is 0 Å². The fourth-order valence-electron chi connectivity index (χ4n) is 3.70. The van der Waals surface area contributed by atoms with Crippen molar-refractivity contribution in [2.45, 2.75) is 32.1 Å². The van der Waals surface area contributed by atoms with Crippen molar-refractivity contribution in [1.29, 1.82) is 0 Å². The van der Waals surface area contributed by atoms with Gasteiger partial charge in [-0.3, -0.25) is 9.59 Å². The Morgan fingerprint density at radius 1 is 1.00 bits per heavy atom. The van der Waals surface area contributed by atoms with Crippen molar-refractivity contribution >= 4 is 35.0 Å². The van der Waals surface area contributed by atoms with Gasteiger partial charge in [-0.2, -0.15) is 0 Å². The zero-order valence-corrected chi connectivity index (χ0v) is 18.7. The average molecular weight is 449 g/mol. The molecule has 0 unspecified atom stereocenters. The SMILES string of the molecule is Cc1ccc(C(=O)NCC(=O)NCC2(c3ccc(Cl)cc3Cl)CCOCC2)cc1C. The molecule has 2 aromatic carbocycles. The highest BCUT2D eigenvalue weighted by Crippen LogP contribution is 2.39. The van der Waals surface area contributed by atoms with Gasteiger partial charge >= 0.3 is 0 Å². The summed E-state index contributed by atoms with van der Waals surface area (Å²) in [5.74, 6) is -0.516. The Labute approximate surface area is 187 Å². The summed E-state index contributed by atoms with van der Waals surface area (Å²) in [6, 6.07) is 10.9. The van der Waals surface area contributed by atoms with E-state index in [0.29, 0.717) is 35.4 Å². The van der Waals surface area contributed by atoms with Gasteiger partial charge in [0.05, 0.1) is 6.54 Å². The number of halogens is 2. The Morgan fingerprint density at radius 3 is 2.40 bits per heavy atom. The van der Waals surface area contributed by atoms with Crippen LogP contribution in [0.4, 0.5) is 0 Å². The predicted molar refractivity (Wildman–Crippen MR) is 119 cm³/mol. The van der Waals surface area contributed by atoms with E-state index in [-0.39, 0.29) is 23.8 Å². The van der Waals surface area contributed by atoms with Crippen molar-refractivity contribution in [2.24, 2.45) is 0 Å². The van der Waals surface area contributed by atoms with Crippen LogP contribution in [0.2, 0.25) is 10.0 Å². The summed E-state index contributed by atoms with van der Waals surface area (Å²) in [5, 5.41) is 6.80. The van der Waals surface area contributed by atoms with Crippen LogP contribution < -0.4 is 10.6 Å². The molecule has 1 aliphatic rings. The topological polar surface area (TPSA) is 67.4 Å². The number of hydrogen-bond donors (Lipinski definition) is 2. The van der Waals surface area contributed by atoms with Crippen LogP contribution in [0, 0.1) is 13.8 Å². The molecule has 2 aromatic rings. The number of benzene rings is 2. The summed E-state index contributed by atoms with van der Waals surface area (Å²) >= 11 is 12.5. The summed E-state index contributed by atoms with van der Waals surface area (Å²) in [4.78, 5) is 24.8. The van der Waals surface area contributed by atoms with Gasteiger partial charge in [0.2, 0.25) is 5.91 Å². The van der Waals surface area contributed by atoms with Gasteiger partial charge in [0, 0.05) is 40.8 Å². The highest BCUT2D eigenvalue weighted by molar-refractivity contribution is 6.35. The van der Waals surface area contributed by atoms with E-state index in [4.69, 9.17) is 27.9 Å². The fourth-order valence-corrected chi connectivity index (χ4v) is 4.31. The second kappa shape index (κ2) is 9.82. The zero-order chi connectivity index (χ0) is 21.7. The van der Waals surface area contributed by atoms with Crippen LogP contribution >= 0.6 is 23.2 Å². The van der Waals surface area contributed by atoms with Crippen LogP contribution in [0.25, 0.3) is 0 Å². The number of amides is 2. The molecule has 0 radical (unpaired) electrons. The average Bonchev–Trinajstić information content (AvgIpc) is 2.73. The van der Waals surface area contributed by atoms with E-state index in [9.17, 15) is 9.59 Å². The maximum atomic E-state index is 12.4. The minimum absolute atomic E-state index is 0.0906. The maximum absolute atomic E-state index is 12.4. The lowest BCUT2D eigenvalue weighted by atomic mass is 9.74. The largest absolute Gasteiger partial charge is 0.381 e. The normalized spacial score (nSPS) is 15.5. The number of carbonyl (C=O) groups is 2. The van der Waals surface area contributed by atoms with Crippen molar-refractivity contribution in [3.05, 3.63) is 68.7 Å². The molecular formula is C23H26Cl2N2O3. The first-order valence-electron chi connectivity index (χ1n) is 9.96. The molecule has 0 spiro atoms. The van der Waals surface area contributed by atoms with E-state index in [1.807, 2.05) is 38.1 Å². The third-order valence-electron chi connectivity index (χ3n) is 5.75. The van der Waals surface area contributed by atoms with Crippen LogP contribution in [-0.2, 0) is 14.9 Å². The summed E-state index contributed by atoms with van der Waals surface area (Å²) < 4.78 is 5.52. The standard InChI is InChI=1S/C23H26Cl2N2O3/c1-15-3-4-17(11-16(15)2)22(29)26-13-21(28)27-14-23(7-9-30-10-8-23)19-6-5-18(24)12-20(19)25/h3-6,11-12H,7-10,13-14H2,1-2H3,(H,26,29)(H,27,28). The molecule has 0 bridgehead atoms. The first-order valence-corrected chi connectivity index (χ1v) is 10.7. The predicted octanol–water partition coefficient (Wildman–Crippen LogP) is 4.20. The van der Waals surface area contributed by atoms with Crippen LogP contribution in [0.5, 0.6) is 0 Å². The molecule has 3 rings (SSSR count). The third-order valence-corrected chi connectivity index (χ3v) is 6.30. The molecule has 0 aromatic heterocycles. The Bertz CT molecular complexity index is 940. The lowest BCUT2D eigenvalue weighted by molar-refractivity contribution is -0.120. The van der Waals surface area contributed by atoms with Gasteiger partial charge in [-0.25, -0.2) is 0 Å². The number of carbonyl (C=O) groups excluding carboxylic acids is 2. The molecule has 160 valence electrons. The molecule has 1 fully saturated rings. The molecule has 2 N–H and O–H groups in total. The highest BCUT2D eigenvalue weighted by Gasteiger charge is 2.36. The molecule has 1 heterocycles. The molecular weight excluding hydrogens is 423 g/mol. The molecule has 1 aliphatic heterocycles. The van der Waals surface area contributed by atoms with Gasteiger partial charge in [-0.1, -0.05) is 35.3 Å². The quantitative estimate of drug-likeness (QED) is 0.695. The monoisotopic (exact) mass is 448 g/mol. The molecule has 0 aliphatic carbocycles. The van der Waals surface area contributed by atoms with E-state index in [0.717, 1.165) is 29.5 Å². The molecule has 30 heavy (non-hydrogen) atoms. The Hall–Kier alpha value is -2.08. The minimum atomic E-state index is -0.326. The van der Waals surface area contributed by atoms with Crippen molar-refractivity contribution in [1.82, 2.24) is 10.6 Å². The van der Waals surface area contributed by atoms with Crippen molar-refractivity contribution in [3.63, 3.8) is 0 Å². The van der Waals surface area contributed by atoms with Crippen molar-refractivity contribution in [2.75, 3.05) is 26.3 Å². The van der Waals surface area contributed by atoms with Gasteiger partial charge in [0.15, 0.2) is 0 Å². The first-order chi connectivity index (χ1) is 14.3. The van der Waals surface area contributed by atoms with Gasteiger partial charge in [-0.05, 0) is 67.6 Å². The van der Waals surface area contributed by atoms with Gasteiger partial charge in [-0.15, -0.1) is 0 Å². The second-order valence-corrected chi connectivity index (χ2v) is 8.62. The van der Waals surface area contributed by atoms with E-state index < -0.39 is 0 Å². The van der Waals surface area contributed by atoms with Crippen LogP contribution in [0.3, 0.4) is 0 Å². The Balaban J connectivity index is 1.62. The Kier molecular flexibility index (Phi) is 7.40. The second-order valence-electron chi connectivity index (χ2n) is 7.78. The van der Waals surface area contributed by atoms with E-state index in [2.05, 4.69) is 10.6 Å². The zero-order valence-electron chi connectivity index (χ0n) is 17.2. The lowest BCUT2D eigenvalue weighted by Gasteiger charge is -2.38. The number of aryl methyl sites for hydroxylation is 2. The molecule has 0 atom stereocenters. The van der Waals surface area contributed by atoms with Gasteiger partial charge in [0.25, 0.3) is 5.91 Å². The van der Waals surface area contributed by atoms with Gasteiger partial charge in [0.1, 0.15) is 0 Å². The summed E-state index contributed by atoms with van der Waals surface area (Å²) in [6.07, 6.45) is 1.48. The number of ether oxygens (including phenoxy) is 1. The first kappa shape index (κ1) is 22.6. The van der Waals surface area contributed by atoms with Crippen molar-refractivity contribution < 1.29 is 14.3 Å². The van der Waals surface area contributed by atoms with E-state index >= 15 is 0 Å². The Morgan fingerprint density at radius 2 is 1.73 bits per heavy atom. The smallest absolute Gasteiger partial charge is 0.251 e. The molecule has 2 amide bonds. The highest BCUT2D eigenvalue weighted by atomic mass is 35.5. The number of nitrogens with one attached hydrogen (secondary N) is 2. The van der Waals surface area contributed by atoms with E-state index in [1.54, 1.807) is 12.1 Å². The fraction of sp³-hybridized carbons (Fsp3) is 0.391.